The molecule has 1 fully saturated rings. The molecule has 1 aliphatic heterocycles. The number of carbonyl (C=O) groups is 1. The Kier molecular flexibility index (Phi) is 3.31. The molecule has 0 spiro atoms. The molecule has 0 radical (unpaired) electrons. The summed E-state index contributed by atoms with van der Waals surface area (Å²) in [5.74, 6) is 0. The van der Waals surface area contributed by atoms with E-state index in [2.05, 4.69) is 5.32 Å². The number of nitrogens with zero attached hydrogens (tertiary/aromatic N) is 1. The Morgan fingerprint density at radius 1 is 1.83 bits per heavy atom. The summed E-state index contributed by atoms with van der Waals surface area (Å²) in [4.78, 5) is 16.0. The number of aliphatic hydroxyl groups excluding tert-OH is 1. The quantitative estimate of drug-likeness (QED) is 0.605. The van der Waals surface area contributed by atoms with Crippen molar-refractivity contribution in [2.24, 2.45) is 0 Å². The molecular weight excluding hydrogens is 160 g/mol. The summed E-state index contributed by atoms with van der Waals surface area (Å²) in [6, 6.07) is -0.270. The van der Waals surface area contributed by atoms with Crippen LogP contribution >= 0.6 is 0 Å². The number of β-amino-alcohol motifs (C(OH)–C–C–N with tert-alkyl or cyclic N) is 1. The van der Waals surface area contributed by atoms with Crippen LogP contribution in [0.5, 0.6) is 0 Å². The predicted octanol–water partition coefficient (Wildman–Crippen LogP) is -0.286. The second-order valence-corrected chi connectivity index (χ2v) is 2.74. The Morgan fingerprint density at radius 3 is 3.08 bits per heavy atom. The summed E-state index contributed by atoms with van der Waals surface area (Å²) < 4.78 is 0. The van der Waals surface area contributed by atoms with Crippen molar-refractivity contribution >= 4 is 6.03 Å². The van der Waals surface area contributed by atoms with Crippen molar-refractivity contribution in [2.75, 3.05) is 19.7 Å². The summed E-state index contributed by atoms with van der Waals surface area (Å²) in [5.41, 5.74) is 0. The third-order valence-corrected chi connectivity index (χ3v) is 1.55. The van der Waals surface area contributed by atoms with Crippen LogP contribution in [0.25, 0.3) is 0 Å². The van der Waals surface area contributed by atoms with Crippen LogP contribution < -0.4 is 5.32 Å². The lowest BCUT2D eigenvalue weighted by Gasteiger charge is -2.13. The van der Waals surface area contributed by atoms with Gasteiger partial charge in [0.2, 0.25) is 0 Å². The van der Waals surface area contributed by atoms with E-state index in [-0.39, 0.29) is 19.2 Å². The molecule has 1 heterocycles. The highest BCUT2D eigenvalue weighted by molar-refractivity contribution is 5.73. The molecule has 1 rings (SSSR count). The third-order valence-electron chi connectivity index (χ3n) is 1.55. The molecule has 0 unspecified atom stereocenters. The van der Waals surface area contributed by atoms with E-state index in [4.69, 9.17) is 9.94 Å². The fourth-order valence-electron chi connectivity index (χ4n) is 0.934. The van der Waals surface area contributed by atoms with Gasteiger partial charge in [0, 0.05) is 6.54 Å². The molecule has 2 amide bonds. The number of nitrogens with one attached hydrogen (secondary N) is 1. The van der Waals surface area contributed by atoms with Crippen molar-refractivity contribution in [3.8, 4) is 0 Å². The lowest BCUT2D eigenvalue weighted by molar-refractivity contribution is -0.0677. The molecular formula is C7H14N2O3. The maximum absolute atomic E-state index is 11.1. The largest absolute Gasteiger partial charge is 0.389 e. The van der Waals surface area contributed by atoms with E-state index >= 15 is 0 Å². The second kappa shape index (κ2) is 4.27. The van der Waals surface area contributed by atoms with Gasteiger partial charge in [-0.3, -0.25) is 4.84 Å². The van der Waals surface area contributed by atoms with Gasteiger partial charge >= 0.3 is 6.03 Å². The van der Waals surface area contributed by atoms with Gasteiger partial charge in [0.25, 0.3) is 0 Å². The van der Waals surface area contributed by atoms with Crippen LogP contribution in [0.2, 0.25) is 0 Å². The summed E-state index contributed by atoms with van der Waals surface area (Å²) in [6.07, 6.45) is 0.347. The molecule has 1 atom stereocenters. The summed E-state index contributed by atoms with van der Waals surface area (Å²) in [7, 11) is 0. The molecule has 0 aromatic heterocycles. The third kappa shape index (κ3) is 2.35. The minimum Gasteiger partial charge on any atom is -0.389 e. The monoisotopic (exact) mass is 174 g/mol. The van der Waals surface area contributed by atoms with E-state index in [9.17, 15) is 4.79 Å². The summed E-state index contributed by atoms with van der Waals surface area (Å²) >= 11 is 0. The second-order valence-electron chi connectivity index (χ2n) is 2.74. The lowest BCUT2D eigenvalue weighted by Crippen LogP contribution is -2.38. The highest BCUT2D eigenvalue weighted by Gasteiger charge is 2.25. The van der Waals surface area contributed by atoms with Crippen LogP contribution in [-0.2, 0) is 4.84 Å². The molecule has 0 saturated carbocycles. The number of hydrogen-bond acceptors (Lipinski definition) is 3. The van der Waals surface area contributed by atoms with Gasteiger partial charge in [0.15, 0.2) is 0 Å². The lowest BCUT2D eigenvalue weighted by atomic mass is 10.4. The Bertz CT molecular complexity index is 163. The maximum atomic E-state index is 11.1. The summed E-state index contributed by atoms with van der Waals surface area (Å²) in [6.45, 7) is 3.07. The maximum Gasteiger partial charge on any atom is 0.341 e. The van der Waals surface area contributed by atoms with Crippen molar-refractivity contribution < 1.29 is 14.7 Å². The number of amides is 2. The van der Waals surface area contributed by atoms with Crippen LogP contribution in [0.15, 0.2) is 0 Å². The number of carbonyl (C=O) groups excluding carboxylic acids is 1. The first kappa shape index (κ1) is 9.28. The summed E-state index contributed by atoms with van der Waals surface area (Å²) in [5, 5.41) is 12.8. The van der Waals surface area contributed by atoms with Crippen molar-refractivity contribution in [2.45, 2.75) is 19.4 Å². The fraction of sp³-hybridized carbons (Fsp3) is 0.857. The number of rotatable bonds is 2. The zero-order chi connectivity index (χ0) is 8.97. The number of urea groups is 1. The Hall–Kier alpha value is -0.810. The highest BCUT2D eigenvalue weighted by atomic mass is 16.7. The van der Waals surface area contributed by atoms with Gasteiger partial charge in [-0.25, -0.2) is 9.86 Å². The molecule has 1 saturated heterocycles. The Labute approximate surface area is 71.3 Å². The predicted molar refractivity (Wildman–Crippen MR) is 42.4 cm³/mol. The zero-order valence-electron chi connectivity index (χ0n) is 7.12. The standard InChI is InChI=1S/C7H14N2O3/c1-2-3-8-7(11)9-4-6(10)5-12-9/h6,10H,2-5H2,1H3,(H,8,11)/t6-/m0/s1. The van der Waals surface area contributed by atoms with Crippen LogP contribution in [-0.4, -0.2) is 42.0 Å². The molecule has 1 aliphatic rings. The first-order valence-corrected chi connectivity index (χ1v) is 4.10. The normalized spacial score (nSPS) is 22.8. The van der Waals surface area contributed by atoms with E-state index in [0.717, 1.165) is 11.5 Å². The molecule has 0 aromatic carbocycles. The molecule has 2 N–H and O–H groups in total. The molecule has 5 heteroatoms. The van der Waals surface area contributed by atoms with Crippen LogP contribution in [0, 0.1) is 0 Å². The topological polar surface area (TPSA) is 61.8 Å². The van der Waals surface area contributed by atoms with E-state index in [0.29, 0.717) is 6.54 Å². The van der Waals surface area contributed by atoms with Gasteiger partial charge < -0.3 is 10.4 Å². The number of aliphatic hydroxyl groups is 1. The Balaban J connectivity index is 2.23. The van der Waals surface area contributed by atoms with E-state index < -0.39 is 6.10 Å². The van der Waals surface area contributed by atoms with Crippen LogP contribution in [0.4, 0.5) is 4.79 Å². The zero-order valence-corrected chi connectivity index (χ0v) is 7.12. The van der Waals surface area contributed by atoms with Crippen molar-refractivity contribution in [3.63, 3.8) is 0 Å². The molecule has 0 bridgehead atoms. The highest BCUT2D eigenvalue weighted by Crippen LogP contribution is 2.04. The minimum atomic E-state index is -0.544. The van der Waals surface area contributed by atoms with E-state index in [1.54, 1.807) is 0 Å². The average molecular weight is 174 g/mol. The minimum absolute atomic E-state index is 0.208. The van der Waals surface area contributed by atoms with Gasteiger partial charge in [0.1, 0.15) is 12.7 Å². The first-order chi connectivity index (χ1) is 5.74. The van der Waals surface area contributed by atoms with Crippen LogP contribution in [0.1, 0.15) is 13.3 Å². The van der Waals surface area contributed by atoms with Crippen molar-refractivity contribution in [1.29, 1.82) is 0 Å². The van der Waals surface area contributed by atoms with Gasteiger partial charge in [-0.05, 0) is 6.42 Å². The fourth-order valence-corrected chi connectivity index (χ4v) is 0.934. The molecule has 0 aliphatic carbocycles. The van der Waals surface area contributed by atoms with Gasteiger partial charge in [0.05, 0.1) is 6.54 Å². The van der Waals surface area contributed by atoms with Gasteiger partial charge in [-0.2, -0.15) is 0 Å². The van der Waals surface area contributed by atoms with Gasteiger partial charge in [-0.15, -0.1) is 0 Å². The molecule has 70 valence electrons. The Morgan fingerprint density at radius 2 is 2.58 bits per heavy atom. The smallest absolute Gasteiger partial charge is 0.341 e. The number of hydrogen-bond donors (Lipinski definition) is 2. The van der Waals surface area contributed by atoms with Crippen molar-refractivity contribution in [3.05, 3.63) is 0 Å². The molecule has 5 nitrogen and oxygen atoms in total. The number of hydroxylamine groups is 2. The molecule has 12 heavy (non-hydrogen) atoms. The van der Waals surface area contributed by atoms with Crippen molar-refractivity contribution in [1.82, 2.24) is 10.4 Å². The van der Waals surface area contributed by atoms with Crippen LogP contribution in [0.3, 0.4) is 0 Å². The van der Waals surface area contributed by atoms with Gasteiger partial charge in [-0.1, -0.05) is 6.92 Å². The first-order valence-electron chi connectivity index (χ1n) is 4.10. The van der Waals surface area contributed by atoms with E-state index in [1.165, 1.54) is 0 Å². The average Bonchev–Trinajstić information content (AvgIpc) is 2.47. The molecule has 0 aromatic rings. The SMILES string of the molecule is CCCNC(=O)N1C[C@H](O)CO1. The van der Waals surface area contributed by atoms with E-state index in [1.807, 2.05) is 6.92 Å².